The molecule has 0 bridgehead atoms. The third-order valence-corrected chi connectivity index (χ3v) is 6.93. The third kappa shape index (κ3) is 12.7. The number of nitrogens with zero attached hydrogens (tertiary/aromatic N) is 1. The third-order valence-electron chi connectivity index (χ3n) is 6.12. The first-order valence-corrected chi connectivity index (χ1v) is 14.2. The fourth-order valence-corrected chi connectivity index (χ4v) is 5.22. The highest BCUT2D eigenvalue weighted by molar-refractivity contribution is 7.98. The van der Waals surface area contributed by atoms with E-state index in [1.54, 1.807) is 20.8 Å². The second kappa shape index (κ2) is 15.3. The molecule has 0 spiro atoms. The molecule has 0 aromatic heterocycles. The van der Waals surface area contributed by atoms with Crippen LogP contribution in [0.3, 0.4) is 0 Å². The Morgan fingerprint density at radius 2 is 1.68 bits per heavy atom. The van der Waals surface area contributed by atoms with Gasteiger partial charge in [-0.25, -0.2) is 4.79 Å². The van der Waals surface area contributed by atoms with E-state index >= 15 is 0 Å². The van der Waals surface area contributed by atoms with Crippen LogP contribution in [0.4, 0.5) is 4.79 Å². The predicted octanol–water partition coefficient (Wildman–Crippen LogP) is 5.22. The van der Waals surface area contributed by atoms with Gasteiger partial charge in [-0.3, -0.25) is 9.69 Å². The summed E-state index contributed by atoms with van der Waals surface area (Å²) in [5, 5.41) is 5.47. The number of amides is 2. The number of hydrogen-bond acceptors (Lipinski definition) is 5. The van der Waals surface area contributed by atoms with Gasteiger partial charge in [0, 0.05) is 25.7 Å². The molecule has 7 heteroatoms. The van der Waals surface area contributed by atoms with Crippen LogP contribution in [0.25, 0.3) is 0 Å². The number of rotatable bonds is 7. The average Bonchev–Trinajstić information content (AvgIpc) is 2.80. The van der Waals surface area contributed by atoms with E-state index in [9.17, 15) is 9.59 Å². The second-order valence-corrected chi connectivity index (χ2v) is 11.3. The van der Waals surface area contributed by atoms with Gasteiger partial charge in [-0.2, -0.15) is 11.8 Å². The summed E-state index contributed by atoms with van der Waals surface area (Å²) in [5.74, 6) is 2.29. The summed E-state index contributed by atoms with van der Waals surface area (Å²) in [7, 11) is 0. The average molecular weight is 492 g/mol. The number of alkyl carbamates (subject to hydrolysis) is 1. The van der Waals surface area contributed by atoms with Crippen LogP contribution >= 0.6 is 11.8 Å². The number of hydrogen-bond donors (Lipinski definition) is 2. The van der Waals surface area contributed by atoms with Gasteiger partial charge < -0.3 is 15.4 Å². The number of piperidine rings is 1. The van der Waals surface area contributed by atoms with Crippen molar-refractivity contribution in [3.63, 3.8) is 0 Å². The molecule has 3 rings (SSSR count). The lowest BCUT2D eigenvalue weighted by Gasteiger charge is -2.32. The highest BCUT2D eigenvalue weighted by Gasteiger charge is 2.21. The van der Waals surface area contributed by atoms with Gasteiger partial charge in [-0.05, 0) is 69.9 Å². The molecule has 1 aliphatic heterocycles. The zero-order chi connectivity index (χ0) is 24.8. The molecular formula is C27H45N3O3S. The molecule has 2 aliphatic rings. The van der Waals surface area contributed by atoms with Crippen molar-refractivity contribution in [2.45, 2.75) is 83.9 Å². The molecular weight excluding hydrogens is 446 g/mol. The fraction of sp³-hybridized carbons (Fsp3) is 0.704. The molecule has 0 unspecified atom stereocenters. The molecule has 1 aliphatic carbocycles. The lowest BCUT2D eigenvalue weighted by atomic mass is 9.91. The summed E-state index contributed by atoms with van der Waals surface area (Å²) in [6.07, 6.45) is 11.0. The van der Waals surface area contributed by atoms with Gasteiger partial charge in [-0.15, -0.1) is 0 Å². The zero-order valence-electron chi connectivity index (χ0n) is 21.6. The van der Waals surface area contributed by atoms with Gasteiger partial charge in [0.25, 0.3) is 0 Å². The van der Waals surface area contributed by atoms with Crippen LogP contribution in [0.5, 0.6) is 0 Å². The van der Waals surface area contributed by atoms with Crippen LogP contribution in [-0.4, -0.2) is 60.2 Å². The van der Waals surface area contributed by atoms with Crippen molar-refractivity contribution in [2.75, 3.05) is 31.6 Å². The van der Waals surface area contributed by atoms with Crippen molar-refractivity contribution in [3.8, 4) is 0 Å². The first kappa shape index (κ1) is 28.5. The van der Waals surface area contributed by atoms with E-state index in [0.717, 1.165) is 38.4 Å². The SMILES string of the molecule is CC(C)(C)OC(=O)NCC(=O)NC1CCN(Cc2ccccc2)CC1.CSCC1CCCCC1. The van der Waals surface area contributed by atoms with E-state index < -0.39 is 11.7 Å². The minimum Gasteiger partial charge on any atom is -0.444 e. The number of nitrogens with one attached hydrogen (secondary N) is 2. The van der Waals surface area contributed by atoms with Gasteiger partial charge in [0.05, 0.1) is 0 Å². The first-order chi connectivity index (χ1) is 16.2. The van der Waals surface area contributed by atoms with Gasteiger partial charge in [0.1, 0.15) is 12.1 Å². The van der Waals surface area contributed by atoms with Gasteiger partial charge in [-0.1, -0.05) is 49.6 Å². The van der Waals surface area contributed by atoms with E-state index in [0.29, 0.717) is 0 Å². The van der Waals surface area contributed by atoms with E-state index in [4.69, 9.17) is 4.74 Å². The summed E-state index contributed by atoms with van der Waals surface area (Å²) < 4.78 is 5.11. The molecule has 1 aromatic carbocycles. The molecule has 0 atom stereocenters. The maximum absolute atomic E-state index is 12.0. The summed E-state index contributed by atoms with van der Waals surface area (Å²) >= 11 is 2.01. The Labute approximate surface area is 211 Å². The van der Waals surface area contributed by atoms with E-state index in [-0.39, 0.29) is 18.5 Å². The Morgan fingerprint density at radius 1 is 1.03 bits per heavy atom. The molecule has 2 N–H and O–H groups in total. The number of ether oxygens (including phenoxy) is 1. The number of thioether (sulfide) groups is 1. The highest BCUT2D eigenvalue weighted by Crippen LogP contribution is 2.25. The van der Waals surface area contributed by atoms with Crippen molar-refractivity contribution >= 4 is 23.8 Å². The lowest BCUT2D eigenvalue weighted by Crippen LogP contribution is -2.47. The minimum absolute atomic E-state index is 0.0564. The van der Waals surface area contributed by atoms with Gasteiger partial charge in [0.2, 0.25) is 5.91 Å². The molecule has 34 heavy (non-hydrogen) atoms. The van der Waals surface area contributed by atoms with Crippen LogP contribution in [0.1, 0.15) is 71.3 Å². The Balaban J connectivity index is 0.000000379. The molecule has 6 nitrogen and oxygen atoms in total. The summed E-state index contributed by atoms with van der Waals surface area (Å²) in [5.41, 5.74) is 0.748. The summed E-state index contributed by atoms with van der Waals surface area (Å²) in [6, 6.07) is 10.6. The largest absolute Gasteiger partial charge is 0.444 e. The Kier molecular flexibility index (Phi) is 12.8. The normalized spacial score (nSPS) is 17.9. The van der Waals surface area contributed by atoms with E-state index in [2.05, 4.69) is 46.1 Å². The quantitative estimate of drug-likeness (QED) is 0.547. The molecule has 1 aromatic rings. The lowest BCUT2D eigenvalue weighted by molar-refractivity contribution is -0.121. The first-order valence-electron chi connectivity index (χ1n) is 12.8. The Bertz CT molecular complexity index is 707. The summed E-state index contributed by atoms with van der Waals surface area (Å²) in [6.45, 7) is 8.17. The van der Waals surface area contributed by atoms with E-state index in [1.165, 1.54) is 43.4 Å². The standard InChI is InChI=1S/C19H29N3O3.C8H16S/c1-19(2,3)25-18(24)20-13-17(23)21-16-9-11-22(12-10-16)14-15-7-5-4-6-8-15;1-9-7-8-5-3-2-4-6-8/h4-8,16H,9-14H2,1-3H3,(H,20,24)(H,21,23);8H,2-7H2,1H3. The van der Waals surface area contributed by atoms with E-state index in [1.807, 2.05) is 17.8 Å². The molecule has 2 fully saturated rings. The van der Waals surface area contributed by atoms with Crippen molar-refractivity contribution in [1.29, 1.82) is 0 Å². The van der Waals surface area contributed by atoms with Gasteiger partial charge >= 0.3 is 6.09 Å². The Hall–Kier alpha value is -1.73. The smallest absolute Gasteiger partial charge is 0.408 e. The zero-order valence-corrected chi connectivity index (χ0v) is 22.4. The molecule has 1 saturated carbocycles. The topological polar surface area (TPSA) is 70.7 Å². The van der Waals surface area contributed by atoms with Crippen molar-refractivity contribution in [3.05, 3.63) is 35.9 Å². The maximum atomic E-state index is 12.0. The van der Waals surface area contributed by atoms with Crippen molar-refractivity contribution < 1.29 is 14.3 Å². The van der Waals surface area contributed by atoms with Crippen LogP contribution in [0.2, 0.25) is 0 Å². The molecule has 1 saturated heterocycles. The monoisotopic (exact) mass is 491 g/mol. The van der Waals surface area contributed by atoms with Crippen LogP contribution in [-0.2, 0) is 16.1 Å². The van der Waals surface area contributed by atoms with Crippen molar-refractivity contribution in [1.82, 2.24) is 15.5 Å². The minimum atomic E-state index is -0.569. The highest BCUT2D eigenvalue weighted by atomic mass is 32.2. The number of benzene rings is 1. The van der Waals surface area contributed by atoms with Crippen LogP contribution < -0.4 is 10.6 Å². The number of carbonyl (C=O) groups excluding carboxylic acids is 2. The maximum Gasteiger partial charge on any atom is 0.408 e. The van der Waals surface area contributed by atoms with Crippen LogP contribution in [0, 0.1) is 5.92 Å². The number of carbonyl (C=O) groups is 2. The Morgan fingerprint density at radius 3 is 2.26 bits per heavy atom. The number of likely N-dealkylation sites (tertiary alicyclic amines) is 1. The summed E-state index contributed by atoms with van der Waals surface area (Å²) in [4.78, 5) is 25.9. The van der Waals surface area contributed by atoms with Crippen molar-refractivity contribution in [2.24, 2.45) is 5.92 Å². The molecule has 1 heterocycles. The van der Waals surface area contributed by atoms with Gasteiger partial charge in [0.15, 0.2) is 0 Å². The molecule has 0 radical (unpaired) electrons. The fourth-order valence-electron chi connectivity index (χ4n) is 4.41. The molecule has 192 valence electrons. The molecule has 2 amide bonds. The predicted molar refractivity (Wildman–Crippen MR) is 142 cm³/mol. The van der Waals surface area contributed by atoms with Crippen LogP contribution in [0.15, 0.2) is 30.3 Å². The second-order valence-electron chi connectivity index (χ2n) is 10.4.